The minimum atomic E-state index is -0.453. The van der Waals surface area contributed by atoms with Crippen LogP contribution >= 0.6 is 0 Å². The van der Waals surface area contributed by atoms with E-state index in [1.165, 1.54) is 7.11 Å². The van der Waals surface area contributed by atoms with E-state index in [2.05, 4.69) is 16.1 Å². The molecule has 0 saturated heterocycles. The summed E-state index contributed by atoms with van der Waals surface area (Å²) in [6, 6.07) is 16.1. The van der Waals surface area contributed by atoms with Crippen LogP contribution in [0.4, 0.5) is 0 Å². The fourth-order valence-electron chi connectivity index (χ4n) is 2.05. The topological polar surface area (TPSA) is 88.4 Å². The standard InChI is InChI=1S/C19H18N2O4/c1-24-19(23)13-25-17-8-6-14(7-9-17)10-18(22)21-12-16-4-2-15(11-20)3-5-16/h2-9H,10,12-13H2,1H3,(H,21,22). The maximum absolute atomic E-state index is 12.0. The van der Waals surface area contributed by atoms with E-state index in [-0.39, 0.29) is 18.9 Å². The number of carbonyl (C=O) groups excluding carboxylic acids is 2. The molecule has 6 heteroatoms. The van der Waals surface area contributed by atoms with Gasteiger partial charge in [-0.15, -0.1) is 0 Å². The summed E-state index contributed by atoms with van der Waals surface area (Å²) in [6.07, 6.45) is 0.244. The van der Waals surface area contributed by atoms with Crippen LogP contribution in [-0.2, 0) is 27.3 Å². The molecule has 0 aliphatic carbocycles. The van der Waals surface area contributed by atoms with Gasteiger partial charge in [0.15, 0.2) is 6.61 Å². The number of rotatable bonds is 7. The molecule has 0 saturated carbocycles. The van der Waals surface area contributed by atoms with E-state index in [0.29, 0.717) is 17.9 Å². The van der Waals surface area contributed by atoms with Gasteiger partial charge in [-0.1, -0.05) is 24.3 Å². The number of benzene rings is 2. The molecule has 6 nitrogen and oxygen atoms in total. The minimum Gasteiger partial charge on any atom is -0.482 e. The van der Waals surface area contributed by atoms with Gasteiger partial charge in [0.2, 0.25) is 5.91 Å². The highest BCUT2D eigenvalue weighted by Gasteiger charge is 2.05. The summed E-state index contributed by atoms with van der Waals surface area (Å²) in [5.41, 5.74) is 2.35. The molecule has 0 spiro atoms. The lowest BCUT2D eigenvalue weighted by Gasteiger charge is -2.07. The highest BCUT2D eigenvalue weighted by atomic mass is 16.6. The monoisotopic (exact) mass is 338 g/mol. The Balaban J connectivity index is 1.79. The Morgan fingerprint density at radius 2 is 1.68 bits per heavy atom. The molecule has 0 radical (unpaired) electrons. The molecule has 25 heavy (non-hydrogen) atoms. The number of methoxy groups -OCH3 is 1. The molecular weight excluding hydrogens is 320 g/mol. The number of hydrogen-bond acceptors (Lipinski definition) is 5. The van der Waals surface area contributed by atoms with Crippen molar-refractivity contribution in [2.24, 2.45) is 0 Å². The Morgan fingerprint density at radius 3 is 2.28 bits per heavy atom. The number of amides is 1. The van der Waals surface area contributed by atoms with E-state index in [1.54, 1.807) is 36.4 Å². The van der Waals surface area contributed by atoms with Crippen LogP contribution in [-0.4, -0.2) is 25.6 Å². The largest absolute Gasteiger partial charge is 0.482 e. The number of ether oxygens (including phenoxy) is 2. The van der Waals surface area contributed by atoms with Gasteiger partial charge in [-0.25, -0.2) is 4.79 Å². The Bertz CT molecular complexity index is 762. The number of nitrogens with zero attached hydrogens (tertiary/aromatic N) is 1. The van der Waals surface area contributed by atoms with Crippen LogP contribution in [0.3, 0.4) is 0 Å². The van der Waals surface area contributed by atoms with Crippen molar-refractivity contribution in [2.75, 3.05) is 13.7 Å². The first-order chi connectivity index (χ1) is 12.1. The molecule has 1 amide bonds. The third kappa shape index (κ3) is 5.99. The number of carbonyl (C=O) groups is 2. The van der Waals surface area contributed by atoms with E-state index >= 15 is 0 Å². The molecule has 2 aromatic rings. The predicted octanol–water partition coefficient (Wildman–Crippen LogP) is 1.97. The van der Waals surface area contributed by atoms with Gasteiger partial charge in [0.25, 0.3) is 0 Å². The zero-order valence-corrected chi connectivity index (χ0v) is 13.8. The van der Waals surface area contributed by atoms with Crippen molar-refractivity contribution in [1.29, 1.82) is 5.26 Å². The van der Waals surface area contributed by atoms with Crippen LogP contribution in [0.25, 0.3) is 0 Å². The second-order valence-electron chi connectivity index (χ2n) is 5.27. The highest BCUT2D eigenvalue weighted by Crippen LogP contribution is 2.12. The molecule has 0 aliphatic rings. The molecule has 1 N–H and O–H groups in total. The predicted molar refractivity (Wildman–Crippen MR) is 90.7 cm³/mol. The van der Waals surface area contributed by atoms with E-state index < -0.39 is 5.97 Å². The van der Waals surface area contributed by atoms with Crippen LogP contribution < -0.4 is 10.1 Å². The van der Waals surface area contributed by atoms with Crippen molar-refractivity contribution in [1.82, 2.24) is 5.32 Å². The summed E-state index contributed by atoms with van der Waals surface area (Å²) < 4.78 is 9.74. The van der Waals surface area contributed by atoms with Crippen LogP contribution in [0.15, 0.2) is 48.5 Å². The summed E-state index contributed by atoms with van der Waals surface area (Å²) in [5.74, 6) is -0.0222. The van der Waals surface area contributed by atoms with Gasteiger partial charge in [0, 0.05) is 6.54 Å². The normalized spacial score (nSPS) is 9.76. The zero-order valence-electron chi connectivity index (χ0n) is 13.8. The van der Waals surface area contributed by atoms with Gasteiger partial charge < -0.3 is 14.8 Å². The van der Waals surface area contributed by atoms with Gasteiger partial charge in [-0.2, -0.15) is 5.26 Å². The van der Waals surface area contributed by atoms with Crippen LogP contribution in [0.2, 0.25) is 0 Å². The molecule has 0 aromatic heterocycles. The van der Waals surface area contributed by atoms with Crippen LogP contribution in [0.5, 0.6) is 5.75 Å². The Labute approximate surface area is 146 Å². The molecule has 2 rings (SSSR count). The number of nitrogens with one attached hydrogen (secondary N) is 1. The second-order valence-corrected chi connectivity index (χ2v) is 5.27. The Kier molecular flexibility index (Phi) is 6.55. The van der Waals surface area contributed by atoms with Crippen molar-refractivity contribution in [3.05, 3.63) is 65.2 Å². The second kappa shape index (κ2) is 9.08. The highest BCUT2D eigenvalue weighted by molar-refractivity contribution is 5.78. The number of nitriles is 1. The first-order valence-corrected chi connectivity index (χ1v) is 7.65. The average Bonchev–Trinajstić information content (AvgIpc) is 2.66. The Hall–Kier alpha value is -3.33. The van der Waals surface area contributed by atoms with Crippen molar-refractivity contribution < 1.29 is 19.1 Å². The van der Waals surface area contributed by atoms with Gasteiger partial charge in [-0.3, -0.25) is 4.79 Å². The fourth-order valence-corrected chi connectivity index (χ4v) is 2.05. The molecular formula is C19H18N2O4. The smallest absolute Gasteiger partial charge is 0.343 e. The van der Waals surface area contributed by atoms with Crippen molar-refractivity contribution >= 4 is 11.9 Å². The van der Waals surface area contributed by atoms with Crippen molar-refractivity contribution in [3.8, 4) is 11.8 Å². The van der Waals surface area contributed by atoms with E-state index in [9.17, 15) is 9.59 Å². The van der Waals surface area contributed by atoms with E-state index in [4.69, 9.17) is 10.00 Å². The first-order valence-electron chi connectivity index (χ1n) is 7.65. The summed E-state index contributed by atoms with van der Waals surface area (Å²) in [7, 11) is 1.30. The van der Waals surface area contributed by atoms with E-state index in [0.717, 1.165) is 11.1 Å². The summed E-state index contributed by atoms with van der Waals surface area (Å²) in [5, 5.41) is 11.6. The Morgan fingerprint density at radius 1 is 1.04 bits per heavy atom. The maximum atomic E-state index is 12.0. The molecule has 0 bridgehead atoms. The van der Waals surface area contributed by atoms with Crippen LogP contribution in [0, 0.1) is 11.3 Å². The van der Waals surface area contributed by atoms with Gasteiger partial charge in [0.1, 0.15) is 5.75 Å². The van der Waals surface area contributed by atoms with Gasteiger partial charge in [-0.05, 0) is 35.4 Å². The number of esters is 1. The van der Waals surface area contributed by atoms with E-state index in [1.807, 2.05) is 12.1 Å². The maximum Gasteiger partial charge on any atom is 0.343 e. The third-order valence-electron chi connectivity index (χ3n) is 3.45. The molecule has 0 fully saturated rings. The minimum absolute atomic E-state index is 0.104. The summed E-state index contributed by atoms with van der Waals surface area (Å²) >= 11 is 0. The van der Waals surface area contributed by atoms with Gasteiger partial charge >= 0.3 is 5.97 Å². The zero-order chi connectivity index (χ0) is 18.1. The lowest BCUT2D eigenvalue weighted by atomic mass is 10.1. The number of hydrogen-bond donors (Lipinski definition) is 1. The molecule has 0 atom stereocenters. The third-order valence-corrected chi connectivity index (χ3v) is 3.45. The fraction of sp³-hybridized carbons (Fsp3) is 0.211. The summed E-state index contributed by atoms with van der Waals surface area (Å²) in [4.78, 5) is 23.0. The lowest BCUT2D eigenvalue weighted by Crippen LogP contribution is -2.24. The van der Waals surface area contributed by atoms with Crippen LogP contribution in [0.1, 0.15) is 16.7 Å². The van der Waals surface area contributed by atoms with Crippen molar-refractivity contribution in [3.63, 3.8) is 0 Å². The average molecular weight is 338 g/mol. The molecule has 128 valence electrons. The molecule has 0 unspecified atom stereocenters. The molecule has 0 aliphatic heterocycles. The lowest BCUT2D eigenvalue weighted by molar-refractivity contribution is -0.142. The summed E-state index contributed by atoms with van der Waals surface area (Å²) in [6.45, 7) is 0.256. The van der Waals surface area contributed by atoms with Gasteiger partial charge in [0.05, 0.1) is 25.2 Å². The molecule has 2 aromatic carbocycles. The quantitative estimate of drug-likeness (QED) is 0.780. The van der Waals surface area contributed by atoms with Crippen molar-refractivity contribution in [2.45, 2.75) is 13.0 Å². The SMILES string of the molecule is COC(=O)COc1ccc(CC(=O)NCc2ccc(C#N)cc2)cc1. The molecule has 0 heterocycles. The first kappa shape index (κ1) is 18.0.